The number of esters is 1. The van der Waals surface area contributed by atoms with E-state index in [1.807, 2.05) is 31.2 Å². The summed E-state index contributed by atoms with van der Waals surface area (Å²) in [5.41, 5.74) is 1.20. The van der Waals surface area contributed by atoms with Crippen molar-refractivity contribution in [3.63, 3.8) is 0 Å². The molecular weight excluding hydrogens is 397 g/mol. The predicted octanol–water partition coefficient (Wildman–Crippen LogP) is 1.72. The van der Waals surface area contributed by atoms with Gasteiger partial charge in [-0.25, -0.2) is 0 Å². The largest absolute Gasteiger partial charge is 0.492 e. The number of hydrogen-bond acceptors (Lipinski definition) is 4. The number of nitrogens with zero attached hydrogens (tertiary/aromatic N) is 1. The van der Waals surface area contributed by atoms with Crippen molar-refractivity contribution >= 4 is 35.9 Å². The van der Waals surface area contributed by atoms with Crippen LogP contribution in [-0.4, -0.2) is 45.8 Å². The van der Waals surface area contributed by atoms with Gasteiger partial charge in [-0.1, -0.05) is 17.7 Å². The number of aliphatic imine (C=N–C) groups is 1. The van der Waals surface area contributed by atoms with Gasteiger partial charge in [0, 0.05) is 13.6 Å². The molecule has 22 heavy (non-hydrogen) atoms. The van der Waals surface area contributed by atoms with Crippen LogP contribution in [0.2, 0.25) is 0 Å². The first-order valence-electron chi connectivity index (χ1n) is 6.86. The molecule has 0 aliphatic rings. The number of ether oxygens (including phenoxy) is 2. The summed E-state index contributed by atoms with van der Waals surface area (Å²) in [5.74, 6) is 1.23. The topological polar surface area (TPSA) is 72.0 Å². The molecule has 1 aromatic carbocycles. The Morgan fingerprint density at radius 3 is 2.41 bits per heavy atom. The maximum absolute atomic E-state index is 11.0. The number of aryl methyl sites for hydroxylation is 1. The Bertz CT molecular complexity index is 464. The fourth-order valence-electron chi connectivity index (χ4n) is 1.58. The Hall–Kier alpha value is -1.51. The normalized spacial score (nSPS) is 10.4. The zero-order valence-electron chi connectivity index (χ0n) is 13.2. The number of guanidine groups is 1. The van der Waals surface area contributed by atoms with Crippen molar-refractivity contribution in [3.8, 4) is 5.75 Å². The van der Waals surface area contributed by atoms with E-state index in [0.717, 1.165) is 5.75 Å². The molecule has 2 N–H and O–H groups in total. The van der Waals surface area contributed by atoms with E-state index in [0.29, 0.717) is 32.1 Å². The molecule has 0 bridgehead atoms. The van der Waals surface area contributed by atoms with Crippen LogP contribution in [0.1, 0.15) is 12.0 Å². The third kappa shape index (κ3) is 8.71. The lowest BCUT2D eigenvalue weighted by Crippen LogP contribution is -2.40. The lowest BCUT2D eigenvalue weighted by molar-refractivity contribution is -0.140. The van der Waals surface area contributed by atoms with E-state index in [1.54, 1.807) is 7.05 Å². The van der Waals surface area contributed by atoms with Gasteiger partial charge in [0.2, 0.25) is 0 Å². The van der Waals surface area contributed by atoms with Crippen molar-refractivity contribution in [1.82, 2.24) is 10.6 Å². The Labute approximate surface area is 148 Å². The molecule has 0 aromatic heterocycles. The lowest BCUT2D eigenvalue weighted by atomic mass is 10.2. The average Bonchev–Trinajstić information content (AvgIpc) is 2.51. The molecule has 1 rings (SSSR count). The molecule has 0 saturated carbocycles. The van der Waals surface area contributed by atoms with Gasteiger partial charge in [0.1, 0.15) is 12.4 Å². The highest BCUT2D eigenvalue weighted by Crippen LogP contribution is 2.10. The molecule has 0 aliphatic carbocycles. The Balaban J connectivity index is 0.00000441. The second-order valence-corrected chi connectivity index (χ2v) is 4.41. The summed E-state index contributed by atoms with van der Waals surface area (Å²) in [6.07, 6.45) is 0.303. The van der Waals surface area contributed by atoms with Gasteiger partial charge in [-0.15, -0.1) is 24.0 Å². The summed E-state index contributed by atoms with van der Waals surface area (Å²) in [5, 5.41) is 6.13. The van der Waals surface area contributed by atoms with Gasteiger partial charge in [-0.2, -0.15) is 0 Å². The fourth-order valence-corrected chi connectivity index (χ4v) is 1.58. The lowest BCUT2D eigenvalue weighted by Gasteiger charge is -2.12. The molecule has 0 aliphatic heterocycles. The minimum Gasteiger partial charge on any atom is -0.492 e. The number of nitrogens with one attached hydrogen (secondary N) is 2. The van der Waals surface area contributed by atoms with Crippen molar-refractivity contribution in [2.75, 3.05) is 33.9 Å². The van der Waals surface area contributed by atoms with E-state index in [-0.39, 0.29) is 29.9 Å². The van der Waals surface area contributed by atoms with Crippen LogP contribution in [0.5, 0.6) is 5.75 Å². The highest BCUT2D eigenvalue weighted by atomic mass is 127. The third-order valence-corrected chi connectivity index (χ3v) is 2.76. The minimum absolute atomic E-state index is 0. The van der Waals surface area contributed by atoms with Crippen LogP contribution < -0.4 is 15.4 Å². The van der Waals surface area contributed by atoms with Crippen LogP contribution in [0.4, 0.5) is 0 Å². The number of halogens is 1. The van der Waals surface area contributed by atoms with E-state index in [1.165, 1.54) is 12.7 Å². The first-order valence-corrected chi connectivity index (χ1v) is 6.86. The van der Waals surface area contributed by atoms with Gasteiger partial charge >= 0.3 is 5.97 Å². The van der Waals surface area contributed by atoms with Gasteiger partial charge in [-0.3, -0.25) is 9.79 Å². The second-order valence-electron chi connectivity index (χ2n) is 4.41. The molecule has 0 amide bonds. The number of carbonyl (C=O) groups excluding carboxylic acids is 1. The van der Waals surface area contributed by atoms with Gasteiger partial charge in [-0.05, 0) is 19.1 Å². The van der Waals surface area contributed by atoms with Crippen molar-refractivity contribution in [1.29, 1.82) is 0 Å². The van der Waals surface area contributed by atoms with Crippen LogP contribution in [0.15, 0.2) is 29.3 Å². The number of methoxy groups -OCH3 is 1. The van der Waals surface area contributed by atoms with E-state index in [4.69, 9.17) is 4.74 Å². The minimum atomic E-state index is -0.249. The monoisotopic (exact) mass is 421 g/mol. The molecule has 0 atom stereocenters. The molecular formula is C15H24IN3O3. The summed E-state index contributed by atoms with van der Waals surface area (Å²) in [6.45, 7) is 3.66. The quantitative estimate of drug-likeness (QED) is 0.231. The molecule has 0 saturated heterocycles. The van der Waals surface area contributed by atoms with E-state index >= 15 is 0 Å². The zero-order valence-corrected chi connectivity index (χ0v) is 15.5. The van der Waals surface area contributed by atoms with Crippen molar-refractivity contribution < 1.29 is 14.3 Å². The molecule has 1 aromatic rings. The SMILES string of the molecule is CN=C(NCCOc1ccc(C)cc1)NCCC(=O)OC.I. The Morgan fingerprint density at radius 2 is 1.82 bits per heavy atom. The molecule has 6 nitrogen and oxygen atoms in total. The Morgan fingerprint density at radius 1 is 1.18 bits per heavy atom. The average molecular weight is 421 g/mol. The maximum Gasteiger partial charge on any atom is 0.307 e. The van der Waals surface area contributed by atoms with E-state index in [2.05, 4.69) is 20.4 Å². The molecule has 0 unspecified atom stereocenters. The smallest absolute Gasteiger partial charge is 0.307 e. The maximum atomic E-state index is 11.0. The van der Waals surface area contributed by atoms with Crippen LogP contribution in [-0.2, 0) is 9.53 Å². The van der Waals surface area contributed by atoms with Crippen LogP contribution in [0.25, 0.3) is 0 Å². The van der Waals surface area contributed by atoms with Gasteiger partial charge in [0.15, 0.2) is 5.96 Å². The summed E-state index contributed by atoms with van der Waals surface area (Å²) in [6, 6.07) is 7.91. The van der Waals surface area contributed by atoms with Crippen LogP contribution >= 0.6 is 24.0 Å². The molecule has 124 valence electrons. The summed E-state index contributed by atoms with van der Waals surface area (Å²) in [4.78, 5) is 15.0. The summed E-state index contributed by atoms with van der Waals surface area (Å²) in [7, 11) is 3.05. The molecule has 0 radical (unpaired) electrons. The van der Waals surface area contributed by atoms with Gasteiger partial charge in [0.25, 0.3) is 0 Å². The molecule has 7 heteroatoms. The first-order chi connectivity index (χ1) is 10.2. The highest BCUT2D eigenvalue weighted by Gasteiger charge is 2.01. The van der Waals surface area contributed by atoms with Gasteiger partial charge < -0.3 is 20.1 Å². The van der Waals surface area contributed by atoms with Crippen LogP contribution in [0, 0.1) is 6.92 Å². The second kappa shape index (κ2) is 12.1. The van der Waals surface area contributed by atoms with E-state index in [9.17, 15) is 4.79 Å². The number of rotatable bonds is 7. The predicted molar refractivity (Wildman–Crippen MR) is 98.1 cm³/mol. The highest BCUT2D eigenvalue weighted by molar-refractivity contribution is 14.0. The molecule has 0 heterocycles. The van der Waals surface area contributed by atoms with Crippen molar-refractivity contribution in [3.05, 3.63) is 29.8 Å². The number of hydrogen-bond donors (Lipinski definition) is 2. The third-order valence-electron chi connectivity index (χ3n) is 2.76. The number of benzene rings is 1. The standard InChI is InChI=1S/C15H23N3O3.HI/c1-12-4-6-13(7-5-12)21-11-10-18-15(16-2)17-9-8-14(19)20-3;/h4-7H,8-11H2,1-3H3,(H2,16,17,18);1H. The zero-order chi connectivity index (χ0) is 15.5. The molecule has 0 fully saturated rings. The first kappa shape index (κ1) is 20.5. The number of carbonyl (C=O) groups is 1. The summed E-state index contributed by atoms with van der Waals surface area (Å²) >= 11 is 0. The fraction of sp³-hybridized carbons (Fsp3) is 0.467. The van der Waals surface area contributed by atoms with Crippen molar-refractivity contribution in [2.24, 2.45) is 4.99 Å². The Kier molecular flexibility index (Phi) is 11.2. The van der Waals surface area contributed by atoms with Crippen LogP contribution in [0.3, 0.4) is 0 Å². The van der Waals surface area contributed by atoms with E-state index < -0.39 is 0 Å². The molecule has 0 spiro atoms. The van der Waals surface area contributed by atoms with Crippen molar-refractivity contribution in [2.45, 2.75) is 13.3 Å². The van der Waals surface area contributed by atoms with Gasteiger partial charge in [0.05, 0.1) is 20.1 Å². The summed E-state index contributed by atoms with van der Waals surface area (Å²) < 4.78 is 10.2.